The number of hydrogen-bond acceptors (Lipinski definition) is 1. The predicted octanol–water partition coefficient (Wildman–Crippen LogP) is -4.36. The van der Waals surface area contributed by atoms with E-state index in [9.17, 15) is 0 Å². The molecule has 0 bridgehead atoms. The van der Waals surface area contributed by atoms with Crippen molar-refractivity contribution in [2.24, 2.45) is 0 Å². The van der Waals surface area contributed by atoms with E-state index in [0.29, 0.717) is 5.75 Å². The predicted molar refractivity (Wildman–Crippen MR) is 43.3 cm³/mol. The Morgan fingerprint density at radius 2 is 1.25 bits per heavy atom. The maximum absolute atomic E-state index is 8.99. The number of hydrogen-bond donors (Lipinski definition) is 1. The summed E-state index contributed by atoms with van der Waals surface area (Å²) in [7, 11) is 0. The third-order valence-electron chi connectivity index (χ3n) is 1.21. The summed E-state index contributed by atoms with van der Waals surface area (Å²) in [5.74, 6) is 0.354. The SMILES string of the molecule is Cc1cc(C)cc(O)c1.[Br-].[Br-].[Ca+2]. The largest absolute Gasteiger partial charge is 2.00 e. The van der Waals surface area contributed by atoms with Gasteiger partial charge in [-0.15, -0.1) is 0 Å². The molecule has 1 N–H and O–H groups in total. The Labute approximate surface area is 124 Å². The van der Waals surface area contributed by atoms with Crippen LogP contribution in [0.4, 0.5) is 0 Å². The van der Waals surface area contributed by atoms with Crippen LogP contribution in [0.5, 0.6) is 5.75 Å². The van der Waals surface area contributed by atoms with Crippen molar-refractivity contribution in [2.45, 2.75) is 13.8 Å². The molecule has 1 aromatic rings. The van der Waals surface area contributed by atoms with Crippen molar-refractivity contribution in [3.63, 3.8) is 0 Å². The van der Waals surface area contributed by atoms with Crippen LogP contribution in [0.3, 0.4) is 0 Å². The summed E-state index contributed by atoms with van der Waals surface area (Å²) in [4.78, 5) is 0. The van der Waals surface area contributed by atoms with Crippen LogP contribution >= 0.6 is 0 Å². The second-order valence-corrected chi connectivity index (χ2v) is 2.35. The third-order valence-corrected chi connectivity index (χ3v) is 1.21. The van der Waals surface area contributed by atoms with E-state index >= 15 is 0 Å². The van der Waals surface area contributed by atoms with E-state index in [2.05, 4.69) is 0 Å². The van der Waals surface area contributed by atoms with Crippen molar-refractivity contribution in [3.05, 3.63) is 29.3 Å². The first kappa shape index (κ1) is 18.9. The summed E-state index contributed by atoms with van der Waals surface area (Å²) >= 11 is 0. The molecule has 1 rings (SSSR count). The molecule has 0 amide bonds. The van der Waals surface area contributed by atoms with Gasteiger partial charge >= 0.3 is 37.7 Å². The minimum atomic E-state index is 0. The molecule has 0 aliphatic heterocycles. The summed E-state index contributed by atoms with van der Waals surface area (Å²) in [5.41, 5.74) is 2.21. The van der Waals surface area contributed by atoms with Crippen LogP contribution in [0.15, 0.2) is 18.2 Å². The average Bonchev–Trinajstić information content (AvgIpc) is 1.59. The number of halogens is 2. The molecule has 0 spiro atoms. The van der Waals surface area contributed by atoms with Crippen LogP contribution in [0, 0.1) is 13.8 Å². The van der Waals surface area contributed by atoms with Gasteiger partial charge < -0.3 is 39.1 Å². The third kappa shape index (κ3) is 6.72. The zero-order valence-electron chi connectivity index (χ0n) is 7.14. The summed E-state index contributed by atoms with van der Waals surface area (Å²) in [5, 5.41) is 8.99. The zero-order valence-corrected chi connectivity index (χ0v) is 12.5. The molecular weight excluding hydrogens is 312 g/mol. The van der Waals surface area contributed by atoms with Gasteiger partial charge in [-0.2, -0.15) is 0 Å². The molecule has 0 saturated heterocycles. The van der Waals surface area contributed by atoms with Crippen molar-refractivity contribution in [1.29, 1.82) is 0 Å². The molecule has 0 atom stereocenters. The molecule has 0 aromatic heterocycles. The fraction of sp³-hybridized carbons (Fsp3) is 0.250. The molecule has 0 aliphatic rings. The molecule has 4 heteroatoms. The van der Waals surface area contributed by atoms with Crippen LogP contribution < -0.4 is 34.0 Å². The van der Waals surface area contributed by atoms with Gasteiger partial charge in [0, 0.05) is 0 Å². The van der Waals surface area contributed by atoms with Crippen molar-refractivity contribution in [3.8, 4) is 5.75 Å². The van der Waals surface area contributed by atoms with Crippen molar-refractivity contribution >= 4 is 37.7 Å². The average molecular weight is 322 g/mol. The summed E-state index contributed by atoms with van der Waals surface area (Å²) < 4.78 is 0. The van der Waals surface area contributed by atoms with Crippen molar-refractivity contribution in [2.75, 3.05) is 0 Å². The van der Waals surface area contributed by atoms with Crippen molar-refractivity contribution < 1.29 is 39.1 Å². The maximum Gasteiger partial charge on any atom is 2.00 e. The number of aryl methyl sites for hydroxylation is 2. The van der Waals surface area contributed by atoms with E-state index in [0.717, 1.165) is 11.1 Å². The second kappa shape index (κ2) is 8.82. The summed E-state index contributed by atoms with van der Waals surface area (Å²) in [6, 6.07) is 5.51. The zero-order chi connectivity index (χ0) is 6.85. The standard InChI is InChI=1S/C8H10O.2BrH.Ca/c1-6-3-7(2)5-8(9)4-6;;;/h3-5,9H,1-2H3;2*1H;/q;;;+2/p-2. The fourth-order valence-electron chi connectivity index (χ4n) is 0.951. The van der Waals surface area contributed by atoms with Gasteiger partial charge in [0.25, 0.3) is 0 Å². The Kier molecular flexibility index (Phi) is 13.9. The van der Waals surface area contributed by atoms with Crippen LogP contribution in [0.2, 0.25) is 0 Å². The molecule has 0 heterocycles. The van der Waals surface area contributed by atoms with E-state index in [1.807, 2.05) is 19.9 Å². The van der Waals surface area contributed by atoms with Crippen molar-refractivity contribution in [1.82, 2.24) is 0 Å². The van der Waals surface area contributed by atoms with Crippen LogP contribution in [0.1, 0.15) is 11.1 Å². The topological polar surface area (TPSA) is 20.2 Å². The molecule has 0 fully saturated rings. The fourth-order valence-corrected chi connectivity index (χ4v) is 0.951. The number of benzene rings is 1. The first-order valence-corrected chi connectivity index (χ1v) is 2.96. The Morgan fingerprint density at radius 3 is 1.50 bits per heavy atom. The first-order chi connectivity index (χ1) is 4.18. The van der Waals surface area contributed by atoms with Gasteiger partial charge in [-0.25, -0.2) is 0 Å². The smallest absolute Gasteiger partial charge is 1.00 e. The molecule has 1 nitrogen and oxygen atoms in total. The Morgan fingerprint density at radius 1 is 0.917 bits per heavy atom. The van der Waals surface area contributed by atoms with E-state index in [1.54, 1.807) is 12.1 Å². The molecule has 0 radical (unpaired) electrons. The van der Waals surface area contributed by atoms with Crippen LogP contribution in [0.25, 0.3) is 0 Å². The normalized spacial score (nSPS) is 7.17. The Hall–Kier alpha value is 1.24. The number of phenols is 1. The number of phenolic OH excluding ortho intramolecular Hbond substituents is 1. The van der Waals surface area contributed by atoms with E-state index in [1.165, 1.54) is 0 Å². The maximum atomic E-state index is 8.99. The van der Waals surface area contributed by atoms with Gasteiger partial charge in [0.15, 0.2) is 0 Å². The molecule has 0 aliphatic carbocycles. The molecule has 1 aromatic carbocycles. The quantitative estimate of drug-likeness (QED) is 0.479. The van der Waals surface area contributed by atoms with Gasteiger partial charge in [0.2, 0.25) is 0 Å². The van der Waals surface area contributed by atoms with Crippen LogP contribution in [-0.2, 0) is 0 Å². The van der Waals surface area contributed by atoms with Crippen LogP contribution in [-0.4, -0.2) is 42.8 Å². The molecule has 0 saturated carbocycles. The molecule has 0 unspecified atom stereocenters. The monoisotopic (exact) mass is 320 g/mol. The Bertz CT molecular complexity index is 178. The first-order valence-electron chi connectivity index (χ1n) is 2.96. The van der Waals surface area contributed by atoms with E-state index in [-0.39, 0.29) is 71.7 Å². The molecule has 64 valence electrons. The molecular formula is C8H10Br2CaO. The van der Waals surface area contributed by atoms with Gasteiger partial charge in [0.05, 0.1) is 0 Å². The van der Waals surface area contributed by atoms with Gasteiger partial charge in [0.1, 0.15) is 5.75 Å². The number of rotatable bonds is 0. The van der Waals surface area contributed by atoms with Gasteiger partial charge in [-0.3, -0.25) is 0 Å². The van der Waals surface area contributed by atoms with Gasteiger partial charge in [-0.05, 0) is 37.1 Å². The Balaban J connectivity index is -0.000000270. The second-order valence-electron chi connectivity index (χ2n) is 2.35. The summed E-state index contributed by atoms with van der Waals surface area (Å²) in [6.07, 6.45) is 0. The number of aromatic hydroxyl groups is 1. The van der Waals surface area contributed by atoms with E-state index < -0.39 is 0 Å². The summed E-state index contributed by atoms with van der Waals surface area (Å²) in [6.45, 7) is 3.93. The minimum Gasteiger partial charge on any atom is -1.00 e. The van der Waals surface area contributed by atoms with E-state index in [4.69, 9.17) is 5.11 Å². The molecule has 12 heavy (non-hydrogen) atoms. The minimum absolute atomic E-state index is 0. The van der Waals surface area contributed by atoms with Gasteiger partial charge in [-0.1, -0.05) is 6.07 Å².